The molecule has 0 aromatic rings. The molecule has 0 saturated carbocycles. The van der Waals surface area contributed by atoms with Crippen molar-refractivity contribution >= 4 is 5.71 Å². The normalized spacial score (nSPS) is 5.43. The molecule has 0 unspecified atom stereocenters. The van der Waals surface area contributed by atoms with Crippen molar-refractivity contribution in [1.82, 2.24) is 0 Å². The average Bonchev–Trinajstić information content (AvgIpc) is 1.72. The second-order valence-corrected chi connectivity index (χ2v) is 0.701. The molecule has 2 N–H and O–H groups in total. The summed E-state index contributed by atoms with van der Waals surface area (Å²) in [6.45, 7) is 0. The summed E-state index contributed by atoms with van der Waals surface area (Å²) in [7, 11) is 0. The third kappa shape index (κ3) is 1.35. The van der Waals surface area contributed by atoms with Gasteiger partial charge in [0.2, 0.25) is 5.71 Å². The van der Waals surface area contributed by atoms with E-state index < -0.39 is 0 Å². The van der Waals surface area contributed by atoms with Gasteiger partial charge in [-0.3, -0.25) is 0 Å². The topological polar surface area (TPSA) is 86.0 Å². The smallest absolute Gasteiger partial charge is 0.236 e. The third-order valence-corrected chi connectivity index (χ3v) is 0.341. The molecule has 0 aromatic carbocycles. The summed E-state index contributed by atoms with van der Waals surface area (Å²) in [4.78, 5) is 0. The first-order valence-corrected chi connectivity index (χ1v) is 1.43. The Hall–Kier alpha value is -1.55. The van der Waals surface area contributed by atoms with Gasteiger partial charge in [-0.1, -0.05) is 0 Å². The van der Waals surface area contributed by atoms with E-state index >= 15 is 0 Å². The Labute approximate surface area is 40.5 Å². The predicted molar refractivity (Wildman–Crippen MR) is 22.8 cm³/mol. The van der Waals surface area contributed by atoms with Gasteiger partial charge >= 0.3 is 0 Å². The van der Waals surface area contributed by atoms with Crippen molar-refractivity contribution in [2.75, 3.05) is 0 Å². The Kier molecular flexibility index (Phi) is 2.08. The van der Waals surface area contributed by atoms with E-state index in [1.807, 2.05) is 0 Å². The quantitative estimate of drug-likeness (QED) is 0.246. The summed E-state index contributed by atoms with van der Waals surface area (Å²) in [5, 5.41) is 18.5. The Morgan fingerprint density at radius 3 is 1.86 bits per heavy atom. The Morgan fingerprint density at radius 1 is 1.43 bits per heavy atom. The van der Waals surface area contributed by atoms with Crippen LogP contribution in [0.25, 0.3) is 0 Å². The van der Waals surface area contributed by atoms with Gasteiger partial charge in [-0.05, 0) is 0 Å². The van der Waals surface area contributed by atoms with Crippen molar-refractivity contribution in [1.29, 1.82) is 10.5 Å². The number of nitrogens with two attached hydrogens (primary N) is 1. The van der Waals surface area contributed by atoms with Gasteiger partial charge in [0.25, 0.3) is 0 Å². The summed E-state index contributed by atoms with van der Waals surface area (Å²) in [5.41, 5.74) is -0.306. The maximum Gasteiger partial charge on any atom is 0.236 e. The van der Waals surface area contributed by atoms with E-state index in [9.17, 15) is 0 Å². The molecule has 4 heteroatoms. The fourth-order valence-corrected chi connectivity index (χ4v) is 0.0827. The van der Waals surface area contributed by atoms with Crippen molar-refractivity contribution in [2.45, 2.75) is 0 Å². The lowest BCUT2D eigenvalue weighted by Crippen LogP contribution is -1.92. The van der Waals surface area contributed by atoms with Crippen LogP contribution in [0.5, 0.6) is 0 Å². The molecule has 0 aliphatic rings. The second-order valence-electron chi connectivity index (χ2n) is 0.701. The zero-order valence-corrected chi connectivity index (χ0v) is 3.42. The van der Waals surface area contributed by atoms with Crippen molar-refractivity contribution in [2.24, 2.45) is 10.9 Å². The summed E-state index contributed by atoms with van der Waals surface area (Å²) in [6, 6.07) is 2.93. The monoisotopic (exact) mass is 94.0 g/mol. The molecule has 0 aliphatic heterocycles. The first kappa shape index (κ1) is 5.45. The molecular weight excluding hydrogens is 92.1 g/mol. The zero-order valence-electron chi connectivity index (χ0n) is 3.42. The number of hydrogen-bond donors (Lipinski definition) is 1. The van der Waals surface area contributed by atoms with Gasteiger partial charge in [0, 0.05) is 0 Å². The maximum atomic E-state index is 7.84. The van der Waals surface area contributed by atoms with Crippen LogP contribution in [0.1, 0.15) is 0 Å². The first-order valence-electron chi connectivity index (χ1n) is 1.43. The Morgan fingerprint density at radius 2 is 1.86 bits per heavy atom. The lowest BCUT2D eigenvalue weighted by Gasteiger charge is -1.67. The molecular formula is C3H2N4. The summed E-state index contributed by atoms with van der Waals surface area (Å²) >= 11 is 0. The fourth-order valence-electron chi connectivity index (χ4n) is 0.0827. The number of hydrazone groups is 1. The molecule has 0 bridgehead atoms. The van der Waals surface area contributed by atoms with Crippen molar-refractivity contribution in [3.8, 4) is 12.1 Å². The number of nitriles is 2. The van der Waals surface area contributed by atoms with E-state index in [4.69, 9.17) is 10.5 Å². The van der Waals surface area contributed by atoms with Crippen LogP contribution < -0.4 is 5.84 Å². The Balaban J connectivity index is 4.03. The maximum absolute atomic E-state index is 7.84. The summed E-state index contributed by atoms with van der Waals surface area (Å²) < 4.78 is 0. The lowest BCUT2D eigenvalue weighted by atomic mass is 10.5. The largest absolute Gasteiger partial charge is 0.321 e. The minimum Gasteiger partial charge on any atom is -0.321 e. The number of rotatable bonds is 0. The number of hydrogen-bond acceptors (Lipinski definition) is 4. The zero-order chi connectivity index (χ0) is 5.70. The molecule has 0 rings (SSSR count). The first-order chi connectivity index (χ1) is 3.35. The lowest BCUT2D eigenvalue weighted by molar-refractivity contribution is 1.25. The summed E-state index contributed by atoms with van der Waals surface area (Å²) in [6.07, 6.45) is 0. The van der Waals surface area contributed by atoms with Gasteiger partial charge in [0.15, 0.2) is 0 Å². The van der Waals surface area contributed by atoms with Gasteiger partial charge in [-0.15, -0.1) is 0 Å². The van der Waals surface area contributed by atoms with E-state index in [1.165, 1.54) is 12.1 Å². The predicted octanol–water partition coefficient (Wildman–Crippen LogP) is -0.652. The highest BCUT2D eigenvalue weighted by atomic mass is 15.1. The fraction of sp³-hybridized carbons (Fsp3) is 0. The average molecular weight is 94.1 g/mol. The van der Waals surface area contributed by atoms with Crippen molar-refractivity contribution in [3.05, 3.63) is 0 Å². The minimum absolute atomic E-state index is 0.306. The van der Waals surface area contributed by atoms with E-state index in [1.54, 1.807) is 0 Å². The number of nitrogens with zero attached hydrogens (tertiary/aromatic N) is 3. The van der Waals surface area contributed by atoms with Gasteiger partial charge in [-0.2, -0.15) is 15.6 Å². The van der Waals surface area contributed by atoms with Crippen LogP contribution in [0.2, 0.25) is 0 Å². The highest BCUT2D eigenvalue weighted by Gasteiger charge is 1.85. The molecule has 0 aliphatic carbocycles. The van der Waals surface area contributed by atoms with Crippen LogP contribution >= 0.6 is 0 Å². The molecule has 0 fully saturated rings. The molecule has 34 valence electrons. The van der Waals surface area contributed by atoms with Gasteiger partial charge < -0.3 is 5.84 Å². The molecule has 0 aromatic heterocycles. The van der Waals surface area contributed by atoms with Gasteiger partial charge in [0.1, 0.15) is 12.1 Å². The van der Waals surface area contributed by atoms with Crippen molar-refractivity contribution < 1.29 is 0 Å². The second kappa shape index (κ2) is 2.67. The molecule has 0 heterocycles. The summed E-state index contributed by atoms with van der Waals surface area (Å²) in [5.74, 6) is 4.54. The molecule has 0 saturated heterocycles. The van der Waals surface area contributed by atoms with E-state index in [0.717, 1.165) is 0 Å². The molecule has 0 amide bonds. The van der Waals surface area contributed by atoms with Crippen LogP contribution in [0.15, 0.2) is 5.10 Å². The van der Waals surface area contributed by atoms with Crippen molar-refractivity contribution in [3.63, 3.8) is 0 Å². The third-order valence-electron chi connectivity index (χ3n) is 0.341. The van der Waals surface area contributed by atoms with Crippen LogP contribution in [0.4, 0.5) is 0 Å². The molecule has 0 spiro atoms. The standard InChI is InChI=1S/C3H2N4/c4-1-3(2-5)7-6/h6H2. The van der Waals surface area contributed by atoms with E-state index in [-0.39, 0.29) is 5.71 Å². The Bertz CT molecular complexity index is 139. The molecule has 0 radical (unpaired) electrons. The molecule has 4 nitrogen and oxygen atoms in total. The van der Waals surface area contributed by atoms with Gasteiger partial charge in [-0.25, -0.2) is 0 Å². The minimum atomic E-state index is -0.306. The molecule has 0 atom stereocenters. The van der Waals surface area contributed by atoms with E-state index in [0.29, 0.717) is 0 Å². The van der Waals surface area contributed by atoms with Gasteiger partial charge in [0.05, 0.1) is 0 Å². The van der Waals surface area contributed by atoms with E-state index in [2.05, 4.69) is 10.9 Å². The highest BCUT2D eigenvalue weighted by molar-refractivity contribution is 6.09. The highest BCUT2D eigenvalue weighted by Crippen LogP contribution is 1.62. The molecule has 7 heavy (non-hydrogen) atoms. The van der Waals surface area contributed by atoms with Crippen LogP contribution in [-0.2, 0) is 0 Å². The van der Waals surface area contributed by atoms with Crippen LogP contribution in [0.3, 0.4) is 0 Å². The SMILES string of the molecule is N#CC(C#N)=NN. The van der Waals surface area contributed by atoms with Crippen LogP contribution in [0, 0.1) is 22.7 Å². The van der Waals surface area contributed by atoms with Crippen LogP contribution in [-0.4, -0.2) is 5.71 Å².